The van der Waals surface area contributed by atoms with E-state index in [0.717, 1.165) is 25.9 Å². The van der Waals surface area contributed by atoms with E-state index in [2.05, 4.69) is 36.8 Å². The molecule has 1 aliphatic carbocycles. The predicted molar refractivity (Wildman–Crippen MR) is 65.4 cm³/mol. The van der Waals surface area contributed by atoms with Crippen molar-refractivity contribution >= 4 is 0 Å². The van der Waals surface area contributed by atoms with Crippen molar-refractivity contribution in [3.05, 3.63) is 23.0 Å². The number of aliphatic hydroxyl groups is 1. The average molecular weight is 222 g/mol. The van der Waals surface area contributed by atoms with E-state index < -0.39 is 5.60 Å². The summed E-state index contributed by atoms with van der Waals surface area (Å²) >= 11 is 0. The van der Waals surface area contributed by atoms with E-state index in [0.29, 0.717) is 0 Å². The Morgan fingerprint density at radius 3 is 2.56 bits per heavy atom. The standard InChI is InChI=1S/C13H22N2O/c1-10-7-12(11(2)15(10)3)8-14-9-13(16)5-4-6-13/h7,14,16H,4-6,8-9H2,1-3H3. The molecule has 0 bridgehead atoms. The minimum atomic E-state index is -0.419. The Morgan fingerprint density at radius 1 is 1.44 bits per heavy atom. The third-order valence-electron chi connectivity index (χ3n) is 3.93. The van der Waals surface area contributed by atoms with Gasteiger partial charge >= 0.3 is 0 Å². The smallest absolute Gasteiger partial charge is 0.0771 e. The highest BCUT2D eigenvalue weighted by Crippen LogP contribution is 2.30. The highest BCUT2D eigenvalue weighted by Gasteiger charge is 2.33. The van der Waals surface area contributed by atoms with Gasteiger partial charge in [-0.3, -0.25) is 0 Å². The van der Waals surface area contributed by atoms with Crippen LogP contribution in [-0.2, 0) is 13.6 Å². The van der Waals surface area contributed by atoms with Crippen molar-refractivity contribution in [3.63, 3.8) is 0 Å². The minimum absolute atomic E-state index is 0.419. The average Bonchev–Trinajstić information content (AvgIpc) is 2.44. The molecule has 1 aromatic heterocycles. The molecule has 0 saturated heterocycles. The van der Waals surface area contributed by atoms with Gasteiger partial charge in [0.25, 0.3) is 0 Å². The monoisotopic (exact) mass is 222 g/mol. The highest BCUT2D eigenvalue weighted by molar-refractivity contribution is 5.26. The van der Waals surface area contributed by atoms with Gasteiger partial charge in [0.05, 0.1) is 5.60 Å². The van der Waals surface area contributed by atoms with E-state index in [1.165, 1.54) is 23.4 Å². The largest absolute Gasteiger partial charge is 0.389 e. The van der Waals surface area contributed by atoms with Crippen molar-refractivity contribution in [2.45, 2.75) is 45.3 Å². The van der Waals surface area contributed by atoms with Crippen molar-refractivity contribution in [1.82, 2.24) is 9.88 Å². The second-order valence-electron chi connectivity index (χ2n) is 5.14. The Hall–Kier alpha value is -0.800. The maximum absolute atomic E-state index is 9.95. The lowest BCUT2D eigenvalue weighted by atomic mass is 9.80. The number of aryl methyl sites for hydroxylation is 1. The maximum Gasteiger partial charge on any atom is 0.0771 e. The molecule has 0 spiro atoms. The van der Waals surface area contributed by atoms with E-state index >= 15 is 0 Å². The Bertz CT molecular complexity index is 378. The summed E-state index contributed by atoms with van der Waals surface area (Å²) in [5.41, 5.74) is 3.52. The molecular weight excluding hydrogens is 200 g/mol. The van der Waals surface area contributed by atoms with Crippen molar-refractivity contribution in [3.8, 4) is 0 Å². The molecule has 0 unspecified atom stereocenters. The lowest BCUT2D eigenvalue weighted by Crippen LogP contribution is -2.46. The zero-order valence-electron chi connectivity index (χ0n) is 10.5. The van der Waals surface area contributed by atoms with Crippen LogP contribution in [0.3, 0.4) is 0 Å². The van der Waals surface area contributed by atoms with Gasteiger partial charge in [0.2, 0.25) is 0 Å². The molecular formula is C13H22N2O. The van der Waals surface area contributed by atoms with Crippen molar-refractivity contribution in [1.29, 1.82) is 0 Å². The van der Waals surface area contributed by atoms with Crippen LogP contribution in [-0.4, -0.2) is 21.8 Å². The summed E-state index contributed by atoms with van der Waals surface area (Å²) in [5.74, 6) is 0. The fraction of sp³-hybridized carbons (Fsp3) is 0.692. The number of nitrogens with zero attached hydrogens (tertiary/aromatic N) is 1. The van der Waals surface area contributed by atoms with Crippen LogP contribution in [0.15, 0.2) is 6.07 Å². The molecule has 0 atom stereocenters. The topological polar surface area (TPSA) is 37.2 Å². The molecule has 16 heavy (non-hydrogen) atoms. The lowest BCUT2D eigenvalue weighted by Gasteiger charge is -2.36. The van der Waals surface area contributed by atoms with Gasteiger partial charge in [-0.2, -0.15) is 0 Å². The predicted octanol–water partition coefficient (Wildman–Crippen LogP) is 1.65. The van der Waals surface area contributed by atoms with Gasteiger partial charge in [-0.1, -0.05) is 0 Å². The summed E-state index contributed by atoms with van der Waals surface area (Å²) < 4.78 is 2.20. The molecule has 2 N–H and O–H groups in total. The molecule has 90 valence electrons. The summed E-state index contributed by atoms with van der Waals surface area (Å²) in [6, 6.07) is 2.22. The zero-order chi connectivity index (χ0) is 11.8. The first kappa shape index (κ1) is 11.7. The molecule has 2 rings (SSSR count). The summed E-state index contributed by atoms with van der Waals surface area (Å²) in [7, 11) is 2.09. The molecule has 1 heterocycles. The third-order valence-corrected chi connectivity index (χ3v) is 3.93. The van der Waals surface area contributed by atoms with E-state index in [1.807, 2.05) is 0 Å². The van der Waals surface area contributed by atoms with Crippen LogP contribution in [0.4, 0.5) is 0 Å². The summed E-state index contributed by atoms with van der Waals surface area (Å²) in [4.78, 5) is 0. The number of hydrogen-bond donors (Lipinski definition) is 2. The molecule has 0 aliphatic heterocycles. The van der Waals surface area contributed by atoms with Crippen LogP contribution in [0.1, 0.15) is 36.2 Å². The van der Waals surface area contributed by atoms with E-state index in [-0.39, 0.29) is 0 Å². The Balaban J connectivity index is 1.87. The van der Waals surface area contributed by atoms with Crippen LogP contribution < -0.4 is 5.32 Å². The number of nitrogens with one attached hydrogen (secondary N) is 1. The van der Waals surface area contributed by atoms with Gasteiger partial charge in [0, 0.05) is 31.5 Å². The molecule has 0 amide bonds. The maximum atomic E-state index is 9.95. The summed E-state index contributed by atoms with van der Waals surface area (Å²) in [6.45, 7) is 5.84. The molecule has 1 fully saturated rings. The van der Waals surface area contributed by atoms with Gasteiger partial charge in [0.15, 0.2) is 0 Å². The number of rotatable bonds is 4. The quantitative estimate of drug-likeness (QED) is 0.812. The van der Waals surface area contributed by atoms with E-state index in [9.17, 15) is 5.11 Å². The van der Waals surface area contributed by atoms with Gasteiger partial charge in [-0.05, 0) is 44.7 Å². The zero-order valence-corrected chi connectivity index (χ0v) is 10.5. The Labute approximate surface area is 97.5 Å². The van der Waals surface area contributed by atoms with Gasteiger partial charge in [-0.25, -0.2) is 0 Å². The molecule has 1 aliphatic rings. The molecule has 3 nitrogen and oxygen atoms in total. The Morgan fingerprint density at radius 2 is 2.12 bits per heavy atom. The molecule has 0 aromatic carbocycles. The summed E-state index contributed by atoms with van der Waals surface area (Å²) in [5, 5.41) is 13.3. The number of hydrogen-bond acceptors (Lipinski definition) is 2. The normalized spacial score (nSPS) is 18.5. The fourth-order valence-electron chi connectivity index (χ4n) is 2.30. The van der Waals surface area contributed by atoms with Crippen LogP contribution in [0.5, 0.6) is 0 Å². The fourth-order valence-corrected chi connectivity index (χ4v) is 2.30. The second-order valence-corrected chi connectivity index (χ2v) is 5.14. The van der Waals surface area contributed by atoms with Crippen molar-refractivity contribution in [2.24, 2.45) is 7.05 Å². The SMILES string of the molecule is Cc1cc(CNCC2(O)CCC2)c(C)n1C. The van der Waals surface area contributed by atoms with E-state index in [4.69, 9.17) is 0 Å². The molecule has 0 radical (unpaired) electrons. The van der Waals surface area contributed by atoms with Crippen molar-refractivity contribution < 1.29 is 5.11 Å². The second kappa shape index (κ2) is 4.22. The first-order valence-electron chi connectivity index (χ1n) is 6.07. The summed E-state index contributed by atoms with van der Waals surface area (Å²) in [6.07, 6.45) is 3.07. The van der Waals surface area contributed by atoms with Gasteiger partial charge in [-0.15, -0.1) is 0 Å². The van der Waals surface area contributed by atoms with Gasteiger partial charge in [0.1, 0.15) is 0 Å². The molecule has 1 saturated carbocycles. The Kier molecular flexibility index (Phi) is 3.08. The minimum Gasteiger partial charge on any atom is -0.389 e. The highest BCUT2D eigenvalue weighted by atomic mass is 16.3. The van der Waals surface area contributed by atoms with Gasteiger partial charge < -0.3 is 15.0 Å². The van der Waals surface area contributed by atoms with Crippen LogP contribution in [0, 0.1) is 13.8 Å². The lowest BCUT2D eigenvalue weighted by molar-refractivity contribution is -0.0314. The van der Waals surface area contributed by atoms with Crippen LogP contribution in [0.25, 0.3) is 0 Å². The third kappa shape index (κ3) is 2.15. The van der Waals surface area contributed by atoms with Crippen LogP contribution in [0.2, 0.25) is 0 Å². The van der Waals surface area contributed by atoms with E-state index in [1.54, 1.807) is 0 Å². The number of aromatic nitrogens is 1. The first-order chi connectivity index (χ1) is 7.52. The molecule has 1 aromatic rings. The first-order valence-corrected chi connectivity index (χ1v) is 6.07. The van der Waals surface area contributed by atoms with Crippen molar-refractivity contribution in [2.75, 3.05) is 6.54 Å². The molecule has 3 heteroatoms. The van der Waals surface area contributed by atoms with Crippen LogP contribution >= 0.6 is 0 Å².